The summed E-state index contributed by atoms with van der Waals surface area (Å²) in [6.45, 7) is 3.02. The Kier molecular flexibility index (Phi) is 9.04. The predicted molar refractivity (Wildman–Crippen MR) is 156 cm³/mol. The summed E-state index contributed by atoms with van der Waals surface area (Å²) in [5, 5.41) is 9.22. The number of benzene rings is 3. The lowest BCUT2D eigenvalue weighted by Gasteiger charge is -2.36. The van der Waals surface area contributed by atoms with Gasteiger partial charge in [-0.3, -0.25) is 13.9 Å². The number of hydrogen-bond acceptors (Lipinski definition) is 5. The minimum Gasteiger partial charge on any atom is -0.486 e. The zero-order chi connectivity index (χ0) is 29.9. The van der Waals surface area contributed by atoms with Gasteiger partial charge < -0.3 is 14.7 Å². The number of carboxylic acids is 1. The largest absolute Gasteiger partial charge is 0.486 e. The van der Waals surface area contributed by atoms with E-state index < -0.39 is 40.4 Å². The van der Waals surface area contributed by atoms with Gasteiger partial charge in [-0.2, -0.15) is 0 Å². The molecule has 0 spiro atoms. The van der Waals surface area contributed by atoms with E-state index >= 15 is 0 Å². The number of nitrogens with zero attached hydrogens (tertiary/aromatic N) is 2. The molecule has 41 heavy (non-hydrogen) atoms. The number of likely N-dealkylation sites (N-methyl/N-ethyl adjacent to an activating group) is 1. The number of fused-ring (bicyclic) bond motifs is 1. The molecule has 0 radical (unpaired) electrons. The first kappa shape index (κ1) is 30.1. The highest BCUT2D eigenvalue weighted by Crippen LogP contribution is 2.39. The summed E-state index contributed by atoms with van der Waals surface area (Å²) in [6.07, 6.45) is 1.20. The Morgan fingerprint density at radius 2 is 1.90 bits per heavy atom. The Morgan fingerprint density at radius 3 is 2.59 bits per heavy atom. The molecular weight excluding hydrogens is 571 g/mol. The number of ether oxygens (including phenoxy) is 1. The molecule has 0 unspecified atom stereocenters. The number of aliphatic carboxylic acids is 1. The van der Waals surface area contributed by atoms with Gasteiger partial charge in [-0.15, -0.1) is 0 Å². The maximum Gasteiger partial charge on any atom is 0.323 e. The van der Waals surface area contributed by atoms with Gasteiger partial charge in [0.1, 0.15) is 24.2 Å². The van der Waals surface area contributed by atoms with Crippen molar-refractivity contribution in [1.82, 2.24) is 4.90 Å². The number of halogens is 2. The maximum atomic E-state index is 14.5. The van der Waals surface area contributed by atoms with E-state index in [2.05, 4.69) is 0 Å². The minimum absolute atomic E-state index is 0.0223. The van der Waals surface area contributed by atoms with E-state index in [-0.39, 0.29) is 34.9 Å². The number of hydrogen-bond donors (Lipinski definition) is 1. The predicted octanol–water partition coefficient (Wildman–Crippen LogP) is 5.63. The normalized spacial score (nSPS) is 15.2. The fourth-order valence-corrected chi connectivity index (χ4v) is 6.58. The van der Waals surface area contributed by atoms with Gasteiger partial charge in [0.05, 0.1) is 22.2 Å². The lowest BCUT2D eigenvalue weighted by atomic mass is 10.0. The summed E-state index contributed by atoms with van der Waals surface area (Å²) in [6, 6.07) is 16.0. The third kappa shape index (κ3) is 6.89. The summed E-state index contributed by atoms with van der Waals surface area (Å²) in [5.41, 5.74) is 2.50. The standard InChI is InChI=1S/C30H30ClFN2O6S/c1-19-6-4-7-23(14-19)41(38,39)34-17-22(11-13-28(35)33(3)18-29(36)37)40-27-12-10-21(16-26(27)34)15-20(2)30-24(31)8-5-9-25(30)32/h4-10,12,14-16,22H,11,13,17-18H2,1-3H3,(H,36,37)/b20-15+/t22-/m0/s1. The molecule has 1 heterocycles. The highest BCUT2D eigenvalue weighted by atomic mass is 35.5. The molecule has 0 saturated heterocycles. The van der Waals surface area contributed by atoms with Gasteiger partial charge in [0.2, 0.25) is 5.91 Å². The van der Waals surface area contributed by atoms with Gasteiger partial charge in [0, 0.05) is 19.0 Å². The van der Waals surface area contributed by atoms with Gasteiger partial charge in [-0.1, -0.05) is 41.9 Å². The average molecular weight is 601 g/mol. The van der Waals surface area contributed by atoms with Crippen LogP contribution in [-0.4, -0.2) is 56.5 Å². The molecule has 1 N–H and O–H groups in total. The lowest BCUT2D eigenvalue weighted by molar-refractivity contribution is -0.143. The number of carboxylic acid groups (broad SMARTS) is 1. The third-order valence-corrected chi connectivity index (χ3v) is 8.80. The molecule has 0 bridgehead atoms. The molecule has 0 fully saturated rings. The van der Waals surface area contributed by atoms with Crippen LogP contribution < -0.4 is 9.04 Å². The molecule has 8 nitrogen and oxygen atoms in total. The number of aryl methyl sites for hydroxylation is 1. The smallest absolute Gasteiger partial charge is 0.323 e. The molecule has 1 amide bonds. The summed E-state index contributed by atoms with van der Waals surface area (Å²) in [4.78, 5) is 24.6. The highest BCUT2D eigenvalue weighted by molar-refractivity contribution is 7.92. The number of sulfonamides is 1. The second-order valence-electron chi connectivity index (χ2n) is 9.93. The van der Waals surface area contributed by atoms with Crippen LogP contribution in [0.3, 0.4) is 0 Å². The second-order valence-corrected chi connectivity index (χ2v) is 12.2. The van der Waals surface area contributed by atoms with E-state index in [0.717, 1.165) is 10.5 Å². The molecule has 11 heteroatoms. The van der Waals surface area contributed by atoms with Crippen LogP contribution in [0.15, 0.2) is 65.6 Å². The van der Waals surface area contributed by atoms with E-state index in [4.69, 9.17) is 21.4 Å². The molecule has 3 aromatic carbocycles. The Morgan fingerprint density at radius 1 is 1.17 bits per heavy atom. The first-order valence-electron chi connectivity index (χ1n) is 12.9. The Labute approximate surface area is 243 Å². The molecule has 1 aliphatic heterocycles. The minimum atomic E-state index is -4.03. The van der Waals surface area contributed by atoms with E-state index in [1.54, 1.807) is 62.4 Å². The van der Waals surface area contributed by atoms with E-state index in [9.17, 15) is 22.4 Å². The van der Waals surface area contributed by atoms with Gasteiger partial charge in [0.15, 0.2) is 0 Å². The highest BCUT2D eigenvalue weighted by Gasteiger charge is 2.35. The number of amides is 1. The third-order valence-electron chi connectivity index (χ3n) is 6.71. The van der Waals surface area contributed by atoms with E-state index in [1.807, 2.05) is 0 Å². The fraction of sp³-hybridized carbons (Fsp3) is 0.267. The van der Waals surface area contributed by atoms with Gasteiger partial charge in [-0.25, -0.2) is 12.8 Å². The van der Waals surface area contributed by atoms with Crippen molar-refractivity contribution >= 4 is 50.8 Å². The van der Waals surface area contributed by atoms with Crippen LogP contribution in [0.5, 0.6) is 5.75 Å². The molecule has 1 aliphatic rings. The first-order valence-corrected chi connectivity index (χ1v) is 14.7. The van der Waals surface area contributed by atoms with Crippen LogP contribution in [0, 0.1) is 12.7 Å². The van der Waals surface area contributed by atoms with Crippen LogP contribution in [0.25, 0.3) is 11.6 Å². The summed E-state index contributed by atoms with van der Waals surface area (Å²) >= 11 is 6.24. The number of rotatable bonds is 9. The number of carbonyl (C=O) groups is 2. The molecule has 216 valence electrons. The fourth-order valence-electron chi connectivity index (χ4n) is 4.66. The summed E-state index contributed by atoms with van der Waals surface area (Å²) < 4.78 is 49.7. The van der Waals surface area contributed by atoms with Gasteiger partial charge in [0.25, 0.3) is 10.0 Å². The van der Waals surface area contributed by atoms with E-state index in [1.165, 1.54) is 29.6 Å². The molecule has 4 rings (SSSR count). The maximum absolute atomic E-state index is 14.5. The number of allylic oxidation sites excluding steroid dienone is 1. The lowest BCUT2D eigenvalue weighted by Crippen LogP contribution is -2.44. The molecular formula is C30H30ClFN2O6S. The molecule has 1 atom stereocenters. The monoisotopic (exact) mass is 600 g/mol. The molecule has 0 aromatic heterocycles. The Bertz CT molecular complexity index is 1600. The summed E-state index contributed by atoms with van der Waals surface area (Å²) in [5.74, 6) is -1.68. The first-order chi connectivity index (χ1) is 19.4. The van der Waals surface area contributed by atoms with Crippen molar-refractivity contribution in [1.29, 1.82) is 0 Å². The van der Waals surface area contributed by atoms with Crippen molar-refractivity contribution < 1.29 is 32.2 Å². The van der Waals surface area contributed by atoms with Crippen molar-refractivity contribution in [2.75, 3.05) is 24.4 Å². The van der Waals surface area contributed by atoms with Crippen LogP contribution in [-0.2, 0) is 19.6 Å². The Balaban J connectivity index is 1.70. The van der Waals surface area contributed by atoms with Crippen LogP contribution in [0.1, 0.15) is 36.5 Å². The van der Waals surface area contributed by atoms with Crippen LogP contribution >= 0.6 is 11.6 Å². The van der Waals surface area contributed by atoms with Gasteiger partial charge >= 0.3 is 5.97 Å². The van der Waals surface area contributed by atoms with Crippen molar-refractivity contribution in [2.24, 2.45) is 0 Å². The topological polar surface area (TPSA) is 104 Å². The summed E-state index contributed by atoms with van der Waals surface area (Å²) in [7, 11) is -2.64. The number of anilines is 1. The SMILES string of the molecule is C/C(=C\c1ccc2c(c1)N(S(=O)(=O)c1cccc(C)c1)C[C@H](CCC(=O)N(C)CC(=O)O)O2)c1c(F)cccc1Cl. The number of carbonyl (C=O) groups excluding carboxylic acids is 1. The zero-order valence-corrected chi connectivity index (χ0v) is 24.4. The second kappa shape index (κ2) is 12.3. The zero-order valence-electron chi connectivity index (χ0n) is 22.8. The molecule has 0 saturated carbocycles. The van der Waals surface area contributed by atoms with E-state index in [0.29, 0.717) is 22.6 Å². The van der Waals surface area contributed by atoms with Crippen molar-refractivity contribution in [3.63, 3.8) is 0 Å². The average Bonchev–Trinajstić information content (AvgIpc) is 2.90. The quantitative estimate of drug-likeness (QED) is 0.319. The van der Waals surface area contributed by atoms with Crippen molar-refractivity contribution in [3.05, 3.63) is 88.2 Å². The molecule has 0 aliphatic carbocycles. The molecule has 3 aromatic rings. The van der Waals surface area contributed by atoms with Gasteiger partial charge in [-0.05, 0) is 73.4 Å². The van der Waals surface area contributed by atoms with Crippen LogP contribution in [0.4, 0.5) is 10.1 Å². The Hall–Kier alpha value is -3.89. The van der Waals surface area contributed by atoms with Crippen molar-refractivity contribution in [3.8, 4) is 5.75 Å². The van der Waals surface area contributed by atoms with Crippen molar-refractivity contribution in [2.45, 2.75) is 37.7 Å². The van der Waals surface area contributed by atoms with Crippen LogP contribution in [0.2, 0.25) is 5.02 Å².